The number of thioether (sulfide) groups is 1. The minimum absolute atomic E-state index is 0.00202. The minimum Gasteiger partial charge on any atom is -0.494 e. The Morgan fingerprint density at radius 2 is 2.29 bits per heavy atom. The molecule has 126 valence electrons. The Bertz CT molecular complexity index is 853. The summed E-state index contributed by atoms with van der Waals surface area (Å²) in [6.45, 7) is 2.30. The molecule has 1 unspecified atom stereocenters. The molecule has 0 bridgehead atoms. The molecule has 1 aliphatic heterocycles. The molecule has 6 nitrogen and oxygen atoms in total. The third kappa shape index (κ3) is 3.01. The first-order chi connectivity index (χ1) is 11.5. The summed E-state index contributed by atoms with van der Waals surface area (Å²) < 4.78 is 19.9. The zero-order valence-corrected chi connectivity index (χ0v) is 14.0. The fourth-order valence-corrected chi connectivity index (χ4v) is 3.39. The zero-order chi connectivity index (χ0) is 17.3. The number of aromatic nitrogens is 2. The van der Waals surface area contributed by atoms with Gasteiger partial charge >= 0.3 is 0 Å². The van der Waals surface area contributed by atoms with Crippen molar-refractivity contribution >= 4 is 17.7 Å². The quantitative estimate of drug-likeness (QED) is 0.855. The molecule has 1 aromatic heterocycles. The third-order valence-corrected chi connectivity index (χ3v) is 4.79. The first-order valence-corrected chi connectivity index (χ1v) is 8.36. The predicted molar refractivity (Wildman–Crippen MR) is 88.1 cm³/mol. The van der Waals surface area contributed by atoms with Crippen molar-refractivity contribution < 1.29 is 13.9 Å². The van der Waals surface area contributed by atoms with Crippen LogP contribution in [-0.4, -0.2) is 28.3 Å². The van der Waals surface area contributed by atoms with Gasteiger partial charge in [0.05, 0.1) is 13.2 Å². The molecular formula is C16H16FN3O3S. The normalized spacial score (nSPS) is 14.1. The van der Waals surface area contributed by atoms with Crippen molar-refractivity contribution in [2.45, 2.75) is 24.7 Å². The number of amides is 1. The molecule has 24 heavy (non-hydrogen) atoms. The molecule has 1 amide bonds. The van der Waals surface area contributed by atoms with Gasteiger partial charge in [0, 0.05) is 18.5 Å². The topological polar surface area (TPSA) is 73.2 Å². The molecule has 8 heteroatoms. The molecule has 0 radical (unpaired) electrons. The highest BCUT2D eigenvalue weighted by Gasteiger charge is 2.21. The largest absolute Gasteiger partial charge is 0.494 e. The highest BCUT2D eigenvalue weighted by Crippen LogP contribution is 2.23. The van der Waals surface area contributed by atoms with Crippen LogP contribution >= 0.6 is 11.8 Å². The number of fused-ring (bicyclic) bond motifs is 1. The van der Waals surface area contributed by atoms with Crippen LogP contribution in [0.3, 0.4) is 0 Å². The van der Waals surface area contributed by atoms with E-state index in [2.05, 4.69) is 10.3 Å². The van der Waals surface area contributed by atoms with Crippen LogP contribution in [0.15, 0.2) is 34.3 Å². The van der Waals surface area contributed by atoms with Gasteiger partial charge in [-0.15, -0.1) is 0 Å². The average molecular weight is 349 g/mol. The van der Waals surface area contributed by atoms with Crippen molar-refractivity contribution in [3.05, 3.63) is 51.7 Å². The van der Waals surface area contributed by atoms with Crippen LogP contribution in [0.25, 0.3) is 0 Å². The van der Waals surface area contributed by atoms with E-state index in [-0.39, 0.29) is 16.9 Å². The van der Waals surface area contributed by atoms with Crippen LogP contribution < -0.4 is 15.6 Å². The van der Waals surface area contributed by atoms with Crippen LogP contribution in [0.5, 0.6) is 5.75 Å². The van der Waals surface area contributed by atoms with Gasteiger partial charge in [0.2, 0.25) is 0 Å². The Labute approximate surface area is 142 Å². The van der Waals surface area contributed by atoms with E-state index in [4.69, 9.17) is 4.74 Å². The van der Waals surface area contributed by atoms with Gasteiger partial charge in [-0.3, -0.25) is 14.2 Å². The Morgan fingerprint density at radius 3 is 3.04 bits per heavy atom. The lowest BCUT2D eigenvalue weighted by molar-refractivity contribution is 0.0937. The van der Waals surface area contributed by atoms with E-state index in [0.717, 1.165) is 5.75 Å². The maximum absolute atomic E-state index is 13.5. The standard InChI is InChI=1S/C16H16FN3O3S/c1-9(10-3-4-12(17)13(7-10)23-2)19-14(21)11-8-18-16-20(15(11)22)5-6-24-16/h3-4,7-9H,5-6H2,1-2H3,(H,19,21). The molecule has 0 fully saturated rings. The number of hydrogen-bond acceptors (Lipinski definition) is 5. The lowest BCUT2D eigenvalue weighted by Gasteiger charge is -2.15. The van der Waals surface area contributed by atoms with Crippen LogP contribution in [-0.2, 0) is 6.54 Å². The van der Waals surface area contributed by atoms with E-state index in [1.165, 1.54) is 41.8 Å². The lowest BCUT2D eigenvalue weighted by atomic mass is 10.1. The number of benzene rings is 1. The van der Waals surface area contributed by atoms with Crippen molar-refractivity contribution in [1.82, 2.24) is 14.9 Å². The lowest BCUT2D eigenvalue weighted by Crippen LogP contribution is -2.34. The molecule has 2 heterocycles. The molecule has 1 aliphatic rings. The maximum atomic E-state index is 13.5. The van der Waals surface area contributed by atoms with E-state index in [1.807, 2.05) is 0 Å². The van der Waals surface area contributed by atoms with Crippen LogP contribution in [0, 0.1) is 5.82 Å². The van der Waals surface area contributed by atoms with Crippen LogP contribution in [0.2, 0.25) is 0 Å². The number of nitrogens with one attached hydrogen (secondary N) is 1. The summed E-state index contributed by atoms with van der Waals surface area (Å²) in [6, 6.07) is 3.94. The molecule has 1 atom stereocenters. The second-order valence-electron chi connectivity index (χ2n) is 5.35. The highest BCUT2D eigenvalue weighted by molar-refractivity contribution is 7.99. The van der Waals surface area contributed by atoms with Crippen molar-refractivity contribution in [2.75, 3.05) is 12.9 Å². The van der Waals surface area contributed by atoms with E-state index in [9.17, 15) is 14.0 Å². The predicted octanol–water partition coefficient (Wildman–Crippen LogP) is 1.99. The number of halogens is 1. The number of carbonyl (C=O) groups excluding carboxylic acids is 1. The van der Waals surface area contributed by atoms with Gasteiger partial charge in [-0.2, -0.15) is 0 Å². The van der Waals surface area contributed by atoms with Crippen molar-refractivity contribution in [2.24, 2.45) is 0 Å². The zero-order valence-electron chi connectivity index (χ0n) is 13.2. The van der Waals surface area contributed by atoms with E-state index < -0.39 is 17.8 Å². The molecule has 0 saturated heterocycles. The molecule has 1 aromatic carbocycles. The minimum atomic E-state index is -0.504. The monoisotopic (exact) mass is 349 g/mol. The third-order valence-electron chi connectivity index (χ3n) is 3.82. The second-order valence-corrected chi connectivity index (χ2v) is 6.41. The van der Waals surface area contributed by atoms with Crippen molar-refractivity contribution in [1.29, 1.82) is 0 Å². The van der Waals surface area contributed by atoms with Crippen LogP contribution in [0.4, 0.5) is 4.39 Å². The van der Waals surface area contributed by atoms with Gasteiger partial charge in [0.1, 0.15) is 5.56 Å². The Balaban J connectivity index is 1.81. The second kappa shape index (κ2) is 6.64. The molecule has 1 N–H and O–H groups in total. The molecule has 0 spiro atoms. The number of nitrogens with zero attached hydrogens (tertiary/aromatic N) is 2. The summed E-state index contributed by atoms with van der Waals surface area (Å²) in [5.74, 6) is -0.0993. The number of rotatable bonds is 4. The fourth-order valence-electron chi connectivity index (χ4n) is 2.48. The summed E-state index contributed by atoms with van der Waals surface area (Å²) in [5.41, 5.74) is 0.333. The number of hydrogen-bond donors (Lipinski definition) is 1. The van der Waals surface area contributed by atoms with Crippen LogP contribution in [0.1, 0.15) is 28.9 Å². The summed E-state index contributed by atoms with van der Waals surface area (Å²) in [7, 11) is 1.38. The maximum Gasteiger partial charge on any atom is 0.267 e. The van der Waals surface area contributed by atoms with E-state index >= 15 is 0 Å². The molecule has 0 aliphatic carbocycles. The molecular weight excluding hydrogens is 333 g/mol. The van der Waals surface area contributed by atoms with Crippen molar-refractivity contribution in [3.63, 3.8) is 0 Å². The SMILES string of the molecule is COc1cc(C(C)NC(=O)c2cnc3n(c2=O)CCS3)ccc1F. The van der Waals surface area contributed by atoms with Gasteiger partial charge in [0.15, 0.2) is 16.7 Å². The number of methoxy groups -OCH3 is 1. The van der Waals surface area contributed by atoms with Gasteiger partial charge < -0.3 is 10.1 Å². The highest BCUT2D eigenvalue weighted by atomic mass is 32.2. The summed E-state index contributed by atoms with van der Waals surface area (Å²) in [6.07, 6.45) is 1.31. The summed E-state index contributed by atoms with van der Waals surface area (Å²) >= 11 is 1.49. The Hall–Kier alpha value is -2.35. The Morgan fingerprint density at radius 1 is 1.50 bits per heavy atom. The molecule has 0 saturated carbocycles. The first-order valence-electron chi connectivity index (χ1n) is 7.38. The smallest absolute Gasteiger partial charge is 0.267 e. The Kier molecular flexibility index (Phi) is 4.57. The molecule has 3 rings (SSSR count). The summed E-state index contributed by atoms with van der Waals surface area (Å²) in [5, 5.41) is 3.37. The van der Waals surface area contributed by atoms with Gasteiger partial charge in [-0.05, 0) is 24.6 Å². The van der Waals surface area contributed by atoms with E-state index in [1.54, 1.807) is 13.0 Å². The number of ether oxygens (including phenoxy) is 1. The first kappa shape index (κ1) is 16.5. The van der Waals surface area contributed by atoms with Crippen molar-refractivity contribution in [3.8, 4) is 5.75 Å². The fraction of sp³-hybridized carbons (Fsp3) is 0.312. The summed E-state index contributed by atoms with van der Waals surface area (Å²) in [4.78, 5) is 28.9. The average Bonchev–Trinajstić information content (AvgIpc) is 3.05. The number of carbonyl (C=O) groups is 1. The van der Waals surface area contributed by atoms with Gasteiger partial charge in [-0.1, -0.05) is 17.8 Å². The van der Waals surface area contributed by atoms with Gasteiger partial charge in [-0.25, -0.2) is 9.37 Å². The van der Waals surface area contributed by atoms with Gasteiger partial charge in [0.25, 0.3) is 11.5 Å². The molecule has 2 aromatic rings. The van der Waals surface area contributed by atoms with E-state index in [0.29, 0.717) is 17.3 Å².